The van der Waals surface area contributed by atoms with Crippen molar-refractivity contribution in [1.82, 2.24) is 5.32 Å². The summed E-state index contributed by atoms with van der Waals surface area (Å²) in [6, 6.07) is -0.875. The third-order valence-electron chi connectivity index (χ3n) is 2.76. The number of aliphatic hydroxyl groups excluding tert-OH is 4. The molecule has 0 radical (unpaired) electrons. The zero-order chi connectivity index (χ0) is 11.6. The first-order chi connectivity index (χ1) is 6.97. The molecule has 1 aliphatic carbocycles. The highest BCUT2D eigenvalue weighted by Crippen LogP contribution is 2.25. The highest BCUT2D eigenvalue weighted by Gasteiger charge is 2.42. The van der Waals surface area contributed by atoms with Gasteiger partial charge in [0, 0.05) is 19.4 Å². The minimum Gasteiger partial charge on any atom is -0.396 e. The van der Waals surface area contributed by atoms with Crippen molar-refractivity contribution < 1.29 is 25.2 Å². The standard InChI is InChI=1S/C9H17NO5/c1-4(12)10-7-6(13)2-5(3-11)8(14)9(7)15/h5-9,11,13-15H,2-3H2,1H3,(H,10,12)/t5-,6-,7-,8-,9-/m1/s1. The molecule has 5 N–H and O–H groups in total. The van der Waals surface area contributed by atoms with Crippen molar-refractivity contribution in [2.75, 3.05) is 6.61 Å². The van der Waals surface area contributed by atoms with Gasteiger partial charge in [-0.1, -0.05) is 0 Å². The van der Waals surface area contributed by atoms with Crippen molar-refractivity contribution in [2.24, 2.45) is 5.92 Å². The third kappa shape index (κ3) is 2.66. The summed E-state index contributed by atoms with van der Waals surface area (Å²) in [4.78, 5) is 10.8. The summed E-state index contributed by atoms with van der Waals surface area (Å²) in [6.45, 7) is 0.964. The van der Waals surface area contributed by atoms with E-state index in [2.05, 4.69) is 5.32 Å². The Morgan fingerprint density at radius 1 is 1.33 bits per heavy atom. The monoisotopic (exact) mass is 219 g/mol. The summed E-state index contributed by atoms with van der Waals surface area (Å²) in [5, 5.41) is 40.1. The molecule has 0 aromatic carbocycles. The molecule has 0 unspecified atom stereocenters. The lowest BCUT2D eigenvalue weighted by atomic mass is 9.80. The molecule has 6 nitrogen and oxygen atoms in total. The number of carbonyl (C=O) groups excluding carboxylic acids is 1. The molecule has 1 saturated carbocycles. The zero-order valence-electron chi connectivity index (χ0n) is 8.50. The van der Waals surface area contributed by atoms with E-state index in [0.29, 0.717) is 0 Å². The third-order valence-corrected chi connectivity index (χ3v) is 2.76. The van der Waals surface area contributed by atoms with Gasteiger partial charge in [0.25, 0.3) is 0 Å². The Labute approximate surface area is 87.5 Å². The second kappa shape index (κ2) is 4.89. The van der Waals surface area contributed by atoms with Crippen LogP contribution in [0.1, 0.15) is 13.3 Å². The largest absolute Gasteiger partial charge is 0.396 e. The lowest BCUT2D eigenvalue weighted by Gasteiger charge is -2.40. The van der Waals surface area contributed by atoms with Crippen molar-refractivity contribution in [3.8, 4) is 0 Å². The quantitative estimate of drug-likeness (QED) is 0.355. The van der Waals surface area contributed by atoms with E-state index in [1.165, 1.54) is 6.92 Å². The van der Waals surface area contributed by atoms with E-state index in [0.717, 1.165) is 0 Å². The van der Waals surface area contributed by atoms with Gasteiger partial charge in [0.2, 0.25) is 5.91 Å². The minimum absolute atomic E-state index is 0.152. The average molecular weight is 219 g/mol. The number of nitrogens with one attached hydrogen (secondary N) is 1. The topological polar surface area (TPSA) is 110 Å². The van der Waals surface area contributed by atoms with Crippen molar-refractivity contribution in [2.45, 2.75) is 37.7 Å². The van der Waals surface area contributed by atoms with Crippen LogP contribution in [-0.4, -0.2) is 57.3 Å². The predicted octanol–water partition coefficient (Wildman–Crippen LogP) is -2.41. The number of carbonyl (C=O) groups is 1. The van der Waals surface area contributed by atoms with Gasteiger partial charge in [0.15, 0.2) is 0 Å². The molecule has 5 atom stereocenters. The molecule has 1 amide bonds. The molecular weight excluding hydrogens is 202 g/mol. The fraction of sp³-hybridized carbons (Fsp3) is 0.889. The Bertz CT molecular complexity index is 235. The Morgan fingerprint density at radius 2 is 1.93 bits per heavy atom. The second-order valence-corrected chi connectivity index (χ2v) is 3.95. The summed E-state index contributed by atoms with van der Waals surface area (Å²) in [7, 11) is 0. The molecule has 0 bridgehead atoms. The lowest BCUT2D eigenvalue weighted by Crippen LogP contribution is -2.60. The van der Waals surface area contributed by atoms with Crippen LogP contribution >= 0.6 is 0 Å². The molecule has 0 heterocycles. The van der Waals surface area contributed by atoms with Gasteiger partial charge in [-0.05, 0) is 6.42 Å². The molecule has 88 valence electrons. The van der Waals surface area contributed by atoms with E-state index in [9.17, 15) is 20.1 Å². The van der Waals surface area contributed by atoms with Crippen molar-refractivity contribution in [3.05, 3.63) is 0 Å². The van der Waals surface area contributed by atoms with Gasteiger partial charge in [-0.25, -0.2) is 0 Å². The Balaban J connectivity index is 2.70. The number of amides is 1. The van der Waals surface area contributed by atoms with Gasteiger partial charge in [-0.3, -0.25) is 4.79 Å². The molecule has 1 aliphatic rings. The highest BCUT2D eigenvalue weighted by atomic mass is 16.3. The van der Waals surface area contributed by atoms with Crippen LogP contribution in [-0.2, 0) is 4.79 Å². The number of aliphatic hydroxyl groups is 4. The first-order valence-electron chi connectivity index (χ1n) is 4.89. The van der Waals surface area contributed by atoms with E-state index in [1.807, 2.05) is 0 Å². The zero-order valence-corrected chi connectivity index (χ0v) is 8.50. The van der Waals surface area contributed by atoms with E-state index >= 15 is 0 Å². The van der Waals surface area contributed by atoms with E-state index in [-0.39, 0.29) is 18.9 Å². The maximum absolute atomic E-state index is 10.8. The molecule has 1 fully saturated rings. The fourth-order valence-electron chi connectivity index (χ4n) is 1.91. The van der Waals surface area contributed by atoms with Gasteiger partial charge in [-0.15, -0.1) is 0 Å². The van der Waals surface area contributed by atoms with Crippen LogP contribution in [0.3, 0.4) is 0 Å². The van der Waals surface area contributed by atoms with E-state index in [4.69, 9.17) is 5.11 Å². The van der Waals surface area contributed by atoms with Crippen LogP contribution in [0, 0.1) is 5.92 Å². The maximum atomic E-state index is 10.8. The first-order valence-corrected chi connectivity index (χ1v) is 4.89. The second-order valence-electron chi connectivity index (χ2n) is 3.95. The van der Waals surface area contributed by atoms with Crippen molar-refractivity contribution in [3.63, 3.8) is 0 Å². The van der Waals surface area contributed by atoms with Gasteiger partial charge in [0.1, 0.15) is 6.10 Å². The van der Waals surface area contributed by atoms with Crippen LogP contribution in [0.5, 0.6) is 0 Å². The Hall–Kier alpha value is -0.690. The summed E-state index contributed by atoms with van der Waals surface area (Å²) < 4.78 is 0. The number of hydrogen-bond acceptors (Lipinski definition) is 5. The van der Waals surface area contributed by atoms with Crippen molar-refractivity contribution in [1.29, 1.82) is 0 Å². The molecule has 0 spiro atoms. The maximum Gasteiger partial charge on any atom is 0.217 e. The minimum atomic E-state index is -1.25. The highest BCUT2D eigenvalue weighted by molar-refractivity contribution is 5.73. The van der Waals surface area contributed by atoms with Crippen LogP contribution in [0.2, 0.25) is 0 Å². The summed E-state index contributed by atoms with van der Waals surface area (Å²) in [5.74, 6) is -0.937. The molecular formula is C9H17NO5. The van der Waals surface area contributed by atoms with E-state index in [1.54, 1.807) is 0 Å². The average Bonchev–Trinajstić information content (AvgIpc) is 2.18. The summed E-state index contributed by atoms with van der Waals surface area (Å²) >= 11 is 0. The summed E-state index contributed by atoms with van der Waals surface area (Å²) in [6.07, 6.45) is -3.19. The van der Waals surface area contributed by atoms with Gasteiger partial charge < -0.3 is 25.7 Å². The predicted molar refractivity (Wildman–Crippen MR) is 50.8 cm³/mol. The van der Waals surface area contributed by atoms with Gasteiger partial charge >= 0.3 is 0 Å². The van der Waals surface area contributed by atoms with Crippen LogP contribution in [0.15, 0.2) is 0 Å². The molecule has 0 aromatic rings. The fourth-order valence-corrected chi connectivity index (χ4v) is 1.91. The Morgan fingerprint density at radius 3 is 2.40 bits per heavy atom. The van der Waals surface area contributed by atoms with Crippen LogP contribution in [0.4, 0.5) is 0 Å². The van der Waals surface area contributed by atoms with Crippen LogP contribution < -0.4 is 5.32 Å². The molecule has 0 aliphatic heterocycles. The Kier molecular flexibility index (Phi) is 4.04. The first kappa shape index (κ1) is 12.4. The summed E-state index contributed by atoms with van der Waals surface area (Å²) in [5.41, 5.74) is 0. The molecule has 0 aromatic heterocycles. The molecule has 0 saturated heterocycles. The van der Waals surface area contributed by atoms with Gasteiger partial charge in [-0.2, -0.15) is 0 Å². The number of hydrogen-bond donors (Lipinski definition) is 5. The van der Waals surface area contributed by atoms with Gasteiger partial charge in [0.05, 0.1) is 18.2 Å². The number of rotatable bonds is 2. The molecule has 15 heavy (non-hydrogen) atoms. The van der Waals surface area contributed by atoms with E-state index < -0.39 is 30.3 Å². The SMILES string of the molecule is CC(=O)N[C@H]1[C@@H](O)[C@H](O)[C@@H](CO)C[C@H]1O. The molecule has 1 rings (SSSR count). The van der Waals surface area contributed by atoms with Crippen LogP contribution in [0.25, 0.3) is 0 Å². The van der Waals surface area contributed by atoms with Crippen molar-refractivity contribution >= 4 is 5.91 Å². The normalized spacial score (nSPS) is 41.3. The lowest BCUT2D eigenvalue weighted by molar-refractivity contribution is -0.133. The molecule has 6 heteroatoms. The smallest absolute Gasteiger partial charge is 0.217 e.